The number of halogens is 1. The zero-order chi connectivity index (χ0) is 31.1. The molecule has 44 heavy (non-hydrogen) atoms. The molecule has 228 valence electrons. The van der Waals surface area contributed by atoms with Gasteiger partial charge < -0.3 is 9.47 Å². The van der Waals surface area contributed by atoms with Crippen LogP contribution in [0.1, 0.15) is 68.1 Å². The molecular formula is C36H39ClN3O4+. The molecule has 1 unspecified atom stereocenters. The summed E-state index contributed by atoms with van der Waals surface area (Å²) >= 11 is 6.58. The monoisotopic (exact) mass is 612 g/mol. The van der Waals surface area contributed by atoms with E-state index in [4.69, 9.17) is 26.1 Å². The van der Waals surface area contributed by atoms with Crippen LogP contribution < -0.4 is 14.6 Å². The molecule has 7 nitrogen and oxygen atoms in total. The summed E-state index contributed by atoms with van der Waals surface area (Å²) < 4.78 is 13.0. The number of rotatable bonds is 12. The van der Waals surface area contributed by atoms with Crippen LogP contribution in [0.25, 0.3) is 11.3 Å². The fraction of sp³-hybridized carbons (Fsp3) is 0.333. The Morgan fingerprint density at radius 2 is 1.68 bits per heavy atom. The molecule has 0 bridgehead atoms. The summed E-state index contributed by atoms with van der Waals surface area (Å²) in [5.74, 6) is 1.12. The number of aromatic nitrogens is 2. The molecule has 1 aliphatic heterocycles. The van der Waals surface area contributed by atoms with Crippen molar-refractivity contribution in [2.24, 2.45) is 0 Å². The number of benzene rings is 3. The van der Waals surface area contributed by atoms with Crippen LogP contribution in [0.2, 0.25) is 5.02 Å². The molecule has 3 aromatic carbocycles. The van der Waals surface area contributed by atoms with Crippen LogP contribution in [-0.2, 0) is 22.4 Å². The minimum absolute atomic E-state index is 0.0308. The summed E-state index contributed by atoms with van der Waals surface area (Å²) in [7, 11) is 0. The number of hydrogen-bond acceptors (Lipinski definition) is 6. The van der Waals surface area contributed by atoms with Gasteiger partial charge in [0.2, 0.25) is 0 Å². The molecule has 1 atom stereocenters. The lowest BCUT2D eigenvalue weighted by molar-refractivity contribution is -0.552. The Hall–Kier alpha value is -4.23. The third-order valence-corrected chi connectivity index (χ3v) is 7.59. The average Bonchev–Trinajstić information content (AvgIpc) is 3.31. The first-order valence-corrected chi connectivity index (χ1v) is 15.5. The van der Waals surface area contributed by atoms with E-state index in [-0.39, 0.29) is 11.9 Å². The van der Waals surface area contributed by atoms with Gasteiger partial charge in [-0.2, -0.15) is 4.57 Å². The molecule has 1 aromatic heterocycles. The molecule has 5 rings (SSSR count). The molecule has 2 heterocycles. The highest BCUT2D eigenvalue weighted by atomic mass is 35.5. The number of fused-ring (bicyclic) bond motifs is 1. The molecule has 0 amide bonds. The van der Waals surface area contributed by atoms with E-state index in [1.807, 2.05) is 93.7 Å². The van der Waals surface area contributed by atoms with Gasteiger partial charge in [-0.1, -0.05) is 78.3 Å². The van der Waals surface area contributed by atoms with Crippen molar-refractivity contribution in [2.45, 2.75) is 70.9 Å². The van der Waals surface area contributed by atoms with E-state index in [1.54, 1.807) is 4.57 Å². The van der Waals surface area contributed by atoms with Gasteiger partial charge in [-0.3, -0.25) is 10.1 Å². The molecule has 4 aromatic rings. The Morgan fingerprint density at radius 3 is 2.39 bits per heavy atom. The second-order valence-electron chi connectivity index (χ2n) is 12.1. The van der Waals surface area contributed by atoms with Crippen molar-refractivity contribution in [1.29, 1.82) is 0 Å². The molecule has 0 saturated carbocycles. The number of carbonyl (C=O) groups excluding carboxylic acids is 2. The summed E-state index contributed by atoms with van der Waals surface area (Å²) in [5.41, 5.74) is 4.13. The maximum Gasteiger partial charge on any atom is 0.359 e. The Kier molecular flexibility index (Phi) is 9.95. The minimum Gasteiger partial charge on any atom is -0.492 e. The smallest absolute Gasteiger partial charge is 0.359 e. The van der Waals surface area contributed by atoms with Gasteiger partial charge in [0.05, 0.1) is 11.6 Å². The van der Waals surface area contributed by atoms with E-state index in [0.29, 0.717) is 36.6 Å². The first kappa shape index (κ1) is 31.2. The number of unbranched alkanes of at least 4 members (excludes halogenated alkanes) is 2. The summed E-state index contributed by atoms with van der Waals surface area (Å²) in [5, 5.41) is 3.96. The van der Waals surface area contributed by atoms with Crippen molar-refractivity contribution in [3.05, 3.63) is 107 Å². The standard InChI is InChI=1S/C36H38ClN3O4/c1-36(2,3)44-33(41)17-11-6-12-20-43-32-19-18-26(21-28(32)37)23-30-35(42)40-24-31(27-15-9-5-10-16-27)38-29(34(40)39-30)22-25-13-7-4-8-14-25/h4-5,7-10,13-16,18-19,21,24,30H,6,11-12,17,20,22-23H2,1-3H3/p+1. The van der Waals surface area contributed by atoms with E-state index in [1.165, 1.54) is 0 Å². The van der Waals surface area contributed by atoms with Crippen molar-refractivity contribution in [1.82, 2.24) is 4.98 Å². The first-order chi connectivity index (χ1) is 21.2. The SMILES string of the molecule is CC(C)(C)OC(=O)CCCCCOc1ccc(CC2Nc3c(Cc4ccccc4)nc(-c4ccccc4)c[n+]3C2=O)cc1Cl. The quantitative estimate of drug-likeness (QED) is 0.103. The van der Waals surface area contributed by atoms with E-state index in [0.717, 1.165) is 53.2 Å². The predicted octanol–water partition coefficient (Wildman–Crippen LogP) is 7.24. The van der Waals surface area contributed by atoms with Gasteiger partial charge in [0, 0.05) is 24.8 Å². The molecule has 8 heteroatoms. The van der Waals surface area contributed by atoms with Crippen LogP contribution in [0, 0.1) is 0 Å². The van der Waals surface area contributed by atoms with Gasteiger partial charge in [-0.25, -0.2) is 9.78 Å². The highest BCUT2D eigenvalue weighted by Gasteiger charge is 2.41. The molecule has 1 N–H and O–H groups in total. The lowest BCUT2D eigenvalue weighted by Crippen LogP contribution is -2.44. The van der Waals surface area contributed by atoms with Gasteiger partial charge in [0.1, 0.15) is 28.9 Å². The molecule has 0 aliphatic carbocycles. The van der Waals surface area contributed by atoms with Gasteiger partial charge in [-0.05, 0) is 63.3 Å². The Balaban J connectivity index is 1.21. The second-order valence-corrected chi connectivity index (χ2v) is 12.5. The summed E-state index contributed by atoms with van der Waals surface area (Å²) in [6.45, 7) is 6.12. The zero-order valence-electron chi connectivity index (χ0n) is 25.5. The summed E-state index contributed by atoms with van der Waals surface area (Å²) in [4.78, 5) is 30.5. The van der Waals surface area contributed by atoms with Crippen molar-refractivity contribution in [3.8, 4) is 17.0 Å². The molecule has 0 radical (unpaired) electrons. The number of anilines is 1. The maximum absolute atomic E-state index is 13.7. The molecular weight excluding hydrogens is 574 g/mol. The lowest BCUT2D eigenvalue weighted by Gasteiger charge is -2.19. The van der Waals surface area contributed by atoms with Crippen LogP contribution in [0.15, 0.2) is 85.1 Å². The number of hydrogen-bond donors (Lipinski definition) is 1. The number of nitrogens with zero attached hydrogens (tertiary/aromatic N) is 2. The van der Waals surface area contributed by atoms with E-state index < -0.39 is 11.6 Å². The van der Waals surface area contributed by atoms with E-state index in [9.17, 15) is 9.59 Å². The number of nitrogens with one attached hydrogen (secondary N) is 1. The number of carbonyl (C=O) groups is 2. The van der Waals surface area contributed by atoms with Gasteiger partial charge in [0.25, 0.3) is 0 Å². The Bertz CT molecular complexity index is 1600. The first-order valence-electron chi connectivity index (χ1n) is 15.1. The largest absolute Gasteiger partial charge is 0.492 e. The topological polar surface area (TPSA) is 81.4 Å². The van der Waals surface area contributed by atoms with Crippen molar-refractivity contribution in [2.75, 3.05) is 11.9 Å². The Morgan fingerprint density at radius 1 is 0.955 bits per heavy atom. The third-order valence-electron chi connectivity index (χ3n) is 7.29. The van der Waals surface area contributed by atoms with Crippen LogP contribution in [0.5, 0.6) is 5.75 Å². The van der Waals surface area contributed by atoms with Crippen LogP contribution >= 0.6 is 11.6 Å². The fourth-order valence-electron chi connectivity index (χ4n) is 5.22. The minimum atomic E-state index is -0.457. The highest BCUT2D eigenvalue weighted by molar-refractivity contribution is 6.32. The fourth-order valence-corrected chi connectivity index (χ4v) is 5.48. The number of ether oxygens (including phenoxy) is 2. The highest BCUT2D eigenvalue weighted by Crippen LogP contribution is 2.29. The van der Waals surface area contributed by atoms with Crippen LogP contribution in [0.4, 0.5) is 5.82 Å². The van der Waals surface area contributed by atoms with Gasteiger partial charge in [-0.15, -0.1) is 0 Å². The average molecular weight is 613 g/mol. The third kappa shape index (κ3) is 8.23. The molecule has 0 saturated heterocycles. The lowest BCUT2D eigenvalue weighted by atomic mass is 10.1. The molecule has 0 spiro atoms. The van der Waals surface area contributed by atoms with Crippen LogP contribution in [0.3, 0.4) is 0 Å². The zero-order valence-corrected chi connectivity index (χ0v) is 26.3. The second kappa shape index (κ2) is 14.0. The van der Waals surface area contributed by atoms with Crippen molar-refractivity contribution >= 4 is 29.3 Å². The van der Waals surface area contributed by atoms with Gasteiger partial charge >= 0.3 is 17.7 Å². The normalized spacial score (nSPS) is 14.2. The molecule has 1 aliphatic rings. The summed E-state index contributed by atoms with van der Waals surface area (Å²) in [6.07, 6.45) is 5.71. The van der Waals surface area contributed by atoms with E-state index >= 15 is 0 Å². The summed E-state index contributed by atoms with van der Waals surface area (Å²) in [6, 6.07) is 25.3. The maximum atomic E-state index is 13.7. The molecule has 0 fully saturated rings. The number of esters is 1. The van der Waals surface area contributed by atoms with Gasteiger partial charge in [0.15, 0.2) is 6.04 Å². The van der Waals surface area contributed by atoms with Crippen LogP contribution in [-0.4, -0.2) is 35.1 Å². The van der Waals surface area contributed by atoms with E-state index in [2.05, 4.69) is 17.4 Å². The van der Waals surface area contributed by atoms with Crippen molar-refractivity contribution < 1.29 is 23.6 Å². The van der Waals surface area contributed by atoms with Crippen molar-refractivity contribution in [3.63, 3.8) is 0 Å². The predicted molar refractivity (Wildman–Crippen MR) is 172 cm³/mol. The Labute approximate surface area is 264 Å².